The SMILES string of the molecule is CCC(C#N)(Cc1ccccc1)N=C=O. The molecular formula is C12H12N2O. The summed E-state index contributed by atoms with van der Waals surface area (Å²) in [6, 6.07) is 11.6. The minimum Gasteiger partial charge on any atom is -0.211 e. The second-order valence-electron chi connectivity index (χ2n) is 3.36. The number of nitriles is 1. The van der Waals surface area contributed by atoms with Crippen LogP contribution >= 0.6 is 0 Å². The Kier molecular flexibility index (Phi) is 3.79. The predicted octanol–water partition coefficient (Wildman–Crippen LogP) is 2.24. The molecule has 0 bridgehead atoms. The first-order valence-electron chi connectivity index (χ1n) is 4.80. The molecule has 76 valence electrons. The first-order valence-corrected chi connectivity index (χ1v) is 4.80. The molecule has 1 aromatic rings. The lowest BCUT2D eigenvalue weighted by Gasteiger charge is -2.17. The molecular weight excluding hydrogens is 188 g/mol. The molecule has 0 aliphatic heterocycles. The van der Waals surface area contributed by atoms with Gasteiger partial charge >= 0.3 is 0 Å². The fraction of sp³-hybridized carbons (Fsp3) is 0.333. The molecule has 0 fully saturated rings. The van der Waals surface area contributed by atoms with E-state index in [0.29, 0.717) is 12.8 Å². The summed E-state index contributed by atoms with van der Waals surface area (Å²) < 4.78 is 0. The summed E-state index contributed by atoms with van der Waals surface area (Å²) in [7, 11) is 0. The minimum atomic E-state index is -0.955. The summed E-state index contributed by atoms with van der Waals surface area (Å²) >= 11 is 0. The second-order valence-corrected chi connectivity index (χ2v) is 3.36. The topological polar surface area (TPSA) is 53.2 Å². The van der Waals surface area contributed by atoms with Gasteiger partial charge in [0.2, 0.25) is 6.08 Å². The van der Waals surface area contributed by atoms with Crippen LogP contribution in [0.3, 0.4) is 0 Å². The van der Waals surface area contributed by atoms with Crippen molar-refractivity contribution in [2.75, 3.05) is 0 Å². The highest BCUT2D eigenvalue weighted by Crippen LogP contribution is 2.20. The van der Waals surface area contributed by atoms with Gasteiger partial charge in [0.25, 0.3) is 0 Å². The van der Waals surface area contributed by atoms with Crippen LogP contribution in [-0.4, -0.2) is 11.6 Å². The van der Waals surface area contributed by atoms with Gasteiger partial charge in [-0.15, -0.1) is 0 Å². The van der Waals surface area contributed by atoms with Crippen molar-refractivity contribution < 1.29 is 4.79 Å². The number of hydrogen-bond donors (Lipinski definition) is 0. The molecule has 0 saturated carbocycles. The quantitative estimate of drug-likeness (QED) is 0.552. The third-order valence-corrected chi connectivity index (χ3v) is 2.39. The minimum absolute atomic E-state index is 0.454. The largest absolute Gasteiger partial charge is 0.236 e. The van der Waals surface area contributed by atoms with Crippen molar-refractivity contribution in [3.8, 4) is 6.07 Å². The smallest absolute Gasteiger partial charge is 0.211 e. The van der Waals surface area contributed by atoms with Crippen molar-refractivity contribution in [1.82, 2.24) is 0 Å². The van der Waals surface area contributed by atoms with E-state index in [2.05, 4.69) is 11.1 Å². The van der Waals surface area contributed by atoms with Crippen LogP contribution in [0.1, 0.15) is 18.9 Å². The zero-order chi connectivity index (χ0) is 11.1. The summed E-state index contributed by atoms with van der Waals surface area (Å²) in [5.41, 5.74) is 0.0447. The molecule has 3 nitrogen and oxygen atoms in total. The van der Waals surface area contributed by atoms with Crippen molar-refractivity contribution in [3.05, 3.63) is 35.9 Å². The summed E-state index contributed by atoms with van der Waals surface area (Å²) in [6.07, 6.45) is 2.45. The monoisotopic (exact) mass is 200 g/mol. The normalized spacial score (nSPS) is 13.3. The highest BCUT2D eigenvalue weighted by molar-refractivity contribution is 5.38. The van der Waals surface area contributed by atoms with E-state index in [1.807, 2.05) is 37.3 Å². The van der Waals surface area contributed by atoms with Gasteiger partial charge in [-0.05, 0) is 12.0 Å². The Bertz CT molecular complexity index is 401. The third kappa shape index (κ3) is 2.77. The number of isocyanates is 1. The average molecular weight is 200 g/mol. The van der Waals surface area contributed by atoms with Crippen LogP contribution in [0.15, 0.2) is 35.3 Å². The zero-order valence-corrected chi connectivity index (χ0v) is 8.60. The van der Waals surface area contributed by atoms with Crippen molar-refractivity contribution in [2.45, 2.75) is 25.3 Å². The Balaban J connectivity index is 2.95. The number of benzene rings is 1. The maximum atomic E-state index is 10.3. The molecule has 0 aliphatic rings. The van der Waals surface area contributed by atoms with E-state index in [1.54, 1.807) is 0 Å². The molecule has 1 aromatic carbocycles. The Morgan fingerprint density at radius 3 is 2.53 bits per heavy atom. The van der Waals surface area contributed by atoms with E-state index in [9.17, 15) is 4.79 Å². The fourth-order valence-corrected chi connectivity index (χ4v) is 1.41. The Morgan fingerprint density at radius 1 is 1.40 bits per heavy atom. The molecule has 1 rings (SSSR count). The molecule has 0 radical (unpaired) electrons. The molecule has 1 unspecified atom stereocenters. The number of nitrogens with zero attached hydrogens (tertiary/aromatic N) is 2. The van der Waals surface area contributed by atoms with E-state index in [1.165, 1.54) is 6.08 Å². The second kappa shape index (κ2) is 5.09. The van der Waals surface area contributed by atoms with E-state index >= 15 is 0 Å². The lowest BCUT2D eigenvalue weighted by Crippen LogP contribution is -2.26. The number of carbonyl (C=O) groups excluding carboxylic acids is 1. The maximum Gasteiger partial charge on any atom is 0.236 e. The molecule has 0 aliphatic carbocycles. The molecule has 0 amide bonds. The van der Waals surface area contributed by atoms with Gasteiger partial charge in [0.1, 0.15) is 0 Å². The van der Waals surface area contributed by atoms with E-state index < -0.39 is 5.54 Å². The Morgan fingerprint density at radius 2 is 2.07 bits per heavy atom. The molecule has 3 heteroatoms. The molecule has 1 atom stereocenters. The van der Waals surface area contributed by atoms with Gasteiger partial charge in [-0.1, -0.05) is 37.3 Å². The third-order valence-electron chi connectivity index (χ3n) is 2.39. The van der Waals surface area contributed by atoms with Gasteiger partial charge in [-0.3, -0.25) is 0 Å². The number of rotatable bonds is 4. The van der Waals surface area contributed by atoms with Crippen LogP contribution < -0.4 is 0 Å². The summed E-state index contributed by atoms with van der Waals surface area (Å²) in [5, 5.41) is 9.05. The van der Waals surface area contributed by atoms with Crippen molar-refractivity contribution in [3.63, 3.8) is 0 Å². The molecule has 15 heavy (non-hydrogen) atoms. The number of hydrogen-bond acceptors (Lipinski definition) is 3. The maximum absolute atomic E-state index is 10.3. The van der Waals surface area contributed by atoms with Crippen LogP contribution in [0.2, 0.25) is 0 Å². The Labute approximate surface area is 89.1 Å². The summed E-state index contributed by atoms with van der Waals surface area (Å²) in [5.74, 6) is 0. The van der Waals surface area contributed by atoms with Crippen LogP contribution in [0, 0.1) is 11.3 Å². The van der Waals surface area contributed by atoms with Crippen LogP contribution in [-0.2, 0) is 11.2 Å². The van der Waals surface area contributed by atoms with E-state index in [-0.39, 0.29) is 0 Å². The molecule has 0 saturated heterocycles. The zero-order valence-electron chi connectivity index (χ0n) is 8.60. The Hall–Kier alpha value is -1.91. The van der Waals surface area contributed by atoms with Crippen LogP contribution in [0.4, 0.5) is 0 Å². The molecule has 0 N–H and O–H groups in total. The average Bonchev–Trinajstić information content (AvgIpc) is 2.30. The van der Waals surface area contributed by atoms with Gasteiger partial charge in [-0.2, -0.15) is 10.3 Å². The van der Waals surface area contributed by atoms with E-state index in [4.69, 9.17) is 5.26 Å². The van der Waals surface area contributed by atoms with Gasteiger partial charge < -0.3 is 0 Å². The van der Waals surface area contributed by atoms with Gasteiger partial charge in [-0.25, -0.2) is 4.79 Å². The van der Waals surface area contributed by atoms with Gasteiger partial charge in [0, 0.05) is 6.42 Å². The van der Waals surface area contributed by atoms with E-state index in [0.717, 1.165) is 5.56 Å². The summed E-state index contributed by atoms with van der Waals surface area (Å²) in [4.78, 5) is 13.9. The summed E-state index contributed by atoms with van der Waals surface area (Å²) in [6.45, 7) is 1.84. The lowest BCUT2D eigenvalue weighted by atomic mass is 9.90. The van der Waals surface area contributed by atoms with Crippen molar-refractivity contribution in [1.29, 1.82) is 5.26 Å². The van der Waals surface area contributed by atoms with Gasteiger partial charge in [0.15, 0.2) is 5.54 Å². The predicted molar refractivity (Wildman–Crippen MR) is 56.9 cm³/mol. The lowest BCUT2D eigenvalue weighted by molar-refractivity contribution is 0.504. The van der Waals surface area contributed by atoms with Crippen LogP contribution in [0.25, 0.3) is 0 Å². The first kappa shape index (κ1) is 11.2. The molecule has 0 aromatic heterocycles. The standard InChI is InChI=1S/C12H12N2O/c1-2-12(9-13,14-10-15)8-11-6-4-3-5-7-11/h3-7H,2,8H2,1H3. The fourth-order valence-electron chi connectivity index (χ4n) is 1.41. The van der Waals surface area contributed by atoms with Crippen molar-refractivity contribution >= 4 is 6.08 Å². The highest BCUT2D eigenvalue weighted by Gasteiger charge is 2.27. The van der Waals surface area contributed by atoms with Crippen LogP contribution in [0.5, 0.6) is 0 Å². The van der Waals surface area contributed by atoms with Gasteiger partial charge in [0.05, 0.1) is 6.07 Å². The molecule has 0 heterocycles. The highest BCUT2D eigenvalue weighted by atomic mass is 16.1. The first-order chi connectivity index (χ1) is 7.26. The molecule has 0 spiro atoms. The number of aliphatic imine (C=N–C) groups is 1. The van der Waals surface area contributed by atoms with Crippen molar-refractivity contribution in [2.24, 2.45) is 4.99 Å².